The number of nitriles is 1. The molecule has 0 bridgehead atoms. The molecule has 23 heavy (non-hydrogen) atoms. The third-order valence-corrected chi connectivity index (χ3v) is 5.27. The fourth-order valence-corrected chi connectivity index (χ4v) is 3.54. The van der Waals surface area contributed by atoms with Crippen molar-refractivity contribution in [3.63, 3.8) is 0 Å². The van der Waals surface area contributed by atoms with Gasteiger partial charge in [0.2, 0.25) is 0 Å². The van der Waals surface area contributed by atoms with Crippen LogP contribution in [0.2, 0.25) is 0 Å². The van der Waals surface area contributed by atoms with E-state index in [2.05, 4.69) is 11.1 Å². The van der Waals surface area contributed by atoms with Gasteiger partial charge in [0.25, 0.3) is 5.91 Å². The molecule has 1 aromatic heterocycles. The van der Waals surface area contributed by atoms with Crippen molar-refractivity contribution in [3.8, 4) is 22.4 Å². The molecule has 0 radical (unpaired) electrons. The third kappa shape index (κ3) is 2.57. The van der Waals surface area contributed by atoms with Crippen LogP contribution in [0.3, 0.4) is 0 Å². The lowest BCUT2D eigenvalue weighted by Gasteiger charge is -2.42. The van der Waals surface area contributed by atoms with Crippen LogP contribution in [0, 0.1) is 11.3 Å². The fraction of sp³-hybridized carbons (Fsp3) is 0.353. The molecule has 0 aliphatic heterocycles. The summed E-state index contributed by atoms with van der Waals surface area (Å²) in [7, 11) is 3.30. The average molecular weight is 327 g/mol. The number of amides is 1. The van der Waals surface area contributed by atoms with Gasteiger partial charge < -0.3 is 9.64 Å². The second-order valence-corrected chi connectivity index (χ2v) is 6.46. The summed E-state index contributed by atoms with van der Waals surface area (Å²) in [6, 6.07) is 9.86. The van der Waals surface area contributed by atoms with Gasteiger partial charge in [-0.25, -0.2) is 4.98 Å². The Morgan fingerprint density at radius 1 is 1.43 bits per heavy atom. The molecular weight excluding hydrogens is 310 g/mol. The Labute approximate surface area is 139 Å². The van der Waals surface area contributed by atoms with Gasteiger partial charge >= 0.3 is 0 Å². The number of thiazole rings is 1. The molecule has 6 heteroatoms. The van der Waals surface area contributed by atoms with Gasteiger partial charge in [0.15, 0.2) is 0 Å². The van der Waals surface area contributed by atoms with E-state index in [9.17, 15) is 10.1 Å². The van der Waals surface area contributed by atoms with Gasteiger partial charge in [-0.3, -0.25) is 4.79 Å². The van der Waals surface area contributed by atoms with Crippen molar-refractivity contribution < 1.29 is 9.53 Å². The maximum absolute atomic E-state index is 12.6. The van der Waals surface area contributed by atoms with Crippen LogP contribution in [0.4, 0.5) is 0 Å². The summed E-state index contributed by atoms with van der Waals surface area (Å²) in [5.74, 6) is 0.519. The summed E-state index contributed by atoms with van der Waals surface area (Å²) in [6.45, 7) is 0. The topological polar surface area (TPSA) is 66.2 Å². The lowest BCUT2D eigenvalue weighted by atomic mass is 9.76. The van der Waals surface area contributed by atoms with E-state index in [-0.39, 0.29) is 5.91 Å². The molecule has 1 aliphatic carbocycles. The molecule has 1 amide bonds. The van der Waals surface area contributed by atoms with Crippen molar-refractivity contribution in [1.82, 2.24) is 9.88 Å². The van der Waals surface area contributed by atoms with E-state index in [0.29, 0.717) is 5.69 Å². The quantitative estimate of drug-likeness (QED) is 0.864. The summed E-state index contributed by atoms with van der Waals surface area (Å²) >= 11 is 1.40. The second kappa shape index (κ2) is 6.01. The summed E-state index contributed by atoms with van der Waals surface area (Å²) in [6.07, 6.45) is 2.44. The van der Waals surface area contributed by atoms with Gasteiger partial charge in [-0.2, -0.15) is 5.26 Å². The first-order valence-electron chi connectivity index (χ1n) is 7.39. The first-order chi connectivity index (χ1) is 11.1. The van der Waals surface area contributed by atoms with E-state index in [0.717, 1.165) is 35.6 Å². The van der Waals surface area contributed by atoms with Crippen LogP contribution in [0.1, 0.15) is 29.8 Å². The Morgan fingerprint density at radius 3 is 2.78 bits per heavy atom. The summed E-state index contributed by atoms with van der Waals surface area (Å²) in [4.78, 5) is 18.6. The molecule has 1 aliphatic rings. The van der Waals surface area contributed by atoms with Gasteiger partial charge in [0, 0.05) is 12.4 Å². The predicted octanol–water partition coefficient (Wildman–Crippen LogP) is 3.34. The lowest BCUT2D eigenvalue weighted by Crippen LogP contribution is -2.53. The minimum atomic E-state index is -0.661. The van der Waals surface area contributed by atoms with Crippen LogP contribution in [0.5, 0.6) is 5.75 Å². The molecule has 1 heterocycles. The number of carbonyl (C=O) groups is 1. The summed E-state index contributed by atoms with van der Waals surface area (Å²) in [5, 5.41) is 11.9. The molecule has 5 nitrogen and oxygen atoms in total. The van der Waals surface area contributed by atoms with E-state index < -0.39 is 5.54 Å². The zero-order valence-corrected chi connectivity index (χ0v) is 13.9. The van der Waals surface area contributed by atoms with Crippen LogP contribution in [-0.2, 0) is 0 Å². The number of benzene rings is 1. The Balaban J connectivity index is 1.87. The molecule has 0 unspecified atom stereocenters. The molecule has 0 spiro atoms. The molecule has 2 aromatic rings. The van der Waals surface area contributed by atoms with Gasteiger partial charge in [-0.1, -0.05) is 12.1 Å². The molecule has 0 atom stereocenters. The van der Waals surface area contributed by atoms with Gasteiger partial charge in [0.05, 0.1) is 18.7 Å². The van der Waals surface area contributed by atoms with E-state index in [1.54, 1.807) is 19.5 Å². The monoisotopic (exact) mass is 327 g/mol. The smallest absolute Gasteiger partial charge is 0.274 e. The number of carbonyl (C=O) groups excluding carboxylic acids is 1. The van der Waals surface area contributed by atoms with Crippen molar-refractivity contribution in [2.24, 2.45) is 0 Å². The highest BCUT2D eigenvalue weighted by molar-refractivity contribution is 7.13. The number of hydrogen-bond acceptors (Lipinski definition) is 5. The molecular formula is C17H17N3O2S. The highest BCUT2D eigenvalue weighted by atomic mass is 32.1. The number of aromatic nitrogens is 1. The summed E-state index contributed by atoms with van der Waals surface area (Å²) < 4.78 is 5.34. The van der Waals surface area contributed by atoms with Gasteiger partial charge in [0.1, 0.15) is 22.0 Å². The van der Waals surface area contributed by atoms with Crippen molar-refractivity contribution in [1.29, 1.82) is 5.26 Å². The highest BCUT2D eigenvalue weighted by Gasteiger charge is 2.44. The zero-order valence-electron chi connectivity index (χ0n) is 13.1. The number of rotatable bonds is 4. The van der Waals surface area contributed by atoms with Crippen LogP contribution < -0.4 is 4.74 Å². The van der Waals surface area contributed by atoms with Crippen LogP contribution in [0.25, 0.3) is 10.6 Å². The first kappa shape index (κ1) is 15.5. The SMILES string of the molecule is COc1ccccc1-c1nc(C(=O)N(C)C2(C#N)CCC2)cs1. The molecule has 0 saturated heterocycles. The van der Waals surface area contributed by atoms with Gasteiger partial charge in [-0.05, 0) is 31.4 Å². The number of para-hydroxylation sites is 1. The predicted molar refractivity (Wildman–Crippen MR) is 88.4 cm³/mol. The maximum Gasteiger partial charge on any atom is 0.274 e. The molecule has 1 fully saturated rings. The second-order valence-electron chi connectivity index (χ2n) is 5.60. The minimum Gasteiger partial charge on any atom is -0.496 e. The van der Waals surface area contributed by atoms with E-state index in [4.69, 9.17) is 4.74 Å². The molecule has 1 aromatic carbocycles. The van der Waals surface area contributed by atoms with E-state index in [1.165, 1.54) is 16.2 Å². The largest absolute Gasteiger partial charge is 0.496 e. The van der Waals surface area contributed by atoms with Crippen molar-refractivity contribution in [2.45, 2.75) is 24.8 Å². The third-order valence-electron chi connectivity index (χ3n) is 4.40. The summed E-state index contributed by atoms with van der Waals surface area (Å²) in [5.41, 5.74) is 0.575. The average Bonchev–Trinajstić information content (AvgIpc) is 3.03. The van der Waals surface area contributed by atoms with Crippen molar-refractivity contribution >= 4 is 17.2 Å². The van der Waals surface area contributed by atoms with Gasteiger partial charge in [-0.15, -0.1) is 11.3 Å². The molecule has 118 valence electrons. The van der Waals surface area contributed by atoms with E-state index in [1.807, 2.05) is 24.3 Å². The van der Waals surface area contributed by atoms with Crippen LogP contribution in [-0.4, -0.2) is 35.5 Å². The highest BCUT2D eigenvalue weighted by Crippen LogP contribution is 2.38. The normalized spacial score (nSPS) is 15.3. The zero-order chi connectivity index (χ0) is 16.4. The number of methoxy groups -OCH3 is 1. The molecule has 3 rings (SSSR count). The lowest BCUT2D eigenvalue weighted by molar-refractivity contribution is 0.0492. The maximum atomic E-state index is 12.6. The Morgan fingerprint density at radius 2 is 2.17 bits per heavy atom. The molecule has 1 saturated carbocycles. The minimum absolute atomic E-state index is 0.205. The Kier molecular flexibility index (Phi) is 4.05. The standard InChI is InChI=1S/C17H17N3O2S/c1-20(17(11-18)8-5-9-17)16(21)13-10-23-15(19-13)12-6-3-4-7-14(12)22-2/h3-4,6-7,10H,5,8-9H2,1-2H3. The molecule has 0 N–H and O–H groups in total. The number of nitrogens with zero attached hydrogens (tertiary/aromatic N) is 3. The first-order valence-corrected chi connectivity index (χ1v) is 8.27. The van der Waals surface area contributed by atoms with Crippen molar-refractivity contribution in [2.75, 3.05) is 14.2 Å². The van der Waals surface area contributed by atoms with Crippen LogP contribution >= 0.6 is 11.3 Å². The fourth-order valence-electron chi connectivity index (χ4n) is 2.72. The number of ether oxygens (including phenoxy) is 1. The van der Waals surface area contributed by atoms with Crippen LogP contribution in [0.15, 0.2) is 29.6 Å². The Hall–Kier alpha value is -2.39. The van der Waals surface area contributed by atoms with E-state index >= 15 is 0 Å². The van der Waals surface area contributed by atoms with Crippen molar-refractivity contribution in [3.05, 3.63) is 35.3 Å². The Bertz CT molecular complexity index is 774. The number of hydrogen-bond donors (Lipinski definition) is 0.